The Morgan fingerprint density at radius 1 is 1.17 bits per heavy atom. The summed E-state index contributed by atoms with van der Waals surface area (Å²) in [7, 11) is 0. The predicted molar refractivity (Wildman–Crippen MR) is 129 cm³/mol. The molecule has 0 amide bonds. The number of amidine groups is 1. The first kappa shape index (κ1) is 27.3. The molecule has 0 saturated carbocycles. The van der Waals surface area contributed by atoms with Crippen LogP contribution in [0, 0.1) is 0 Å². The number of aliphatic hydroxyl groups is 1. The van der Waals surface area contributed by atoms with Gasteiger partial charge in [0, 0.05) is 36.5 Å². The number of anilines is 1. The fourth-order valence-electron chi connectivity index (χ4n) is 1.81. The Hall–Kier alpha value is -2.71. The van der Waals surface area contributed by atoms with Crippen LogP contribution in [0.2, 0.25) is 0 Å². The third-order valence-electron chi connectivity index (χ3n) is 3.04. The molecule has 2 rings (SSSR count). The molecule has 1 aromatic heterocycles. The molecule has 164 valence electrons. The van der Waals surface area contributed by atoms with E-state index in [9.17, 15) is 0 Å². The molecule has 0 fully saturated rings. The minimum absolute atomic E-state index is 0.0409. The number of halogens is 1. The fraction of sp³-hybridized carbons (Fsp3) is 0.318. The summed E-state index contributed by atoms with van der Waals surface area (Å²) in [5.41, 5.74) is 1.52. The molecule has 0 aliphatic heterocycles. The molecule has 0 saturated heterocycles. The van der Waals surface area contributed by atoms with Gasteiger partial charge in [-0.2, -0.15) is 0 Å². The van der Waals surface area contributed by atoms with E-state index in [1.54, 1.807) is 24.7 Å². The topological polar surface area (TPSA) is 91.7 Å². The van der Waals surface area contributed by atoms with Gasteiger partial charge in [-0.3, -0.25) is 0 Å². The number of aromatic nitrogens is 2. The van der Waals surface area contributed by atoms with Crippen molar-refractivity contribution in [2.75, 3.05) is 18.5 Å². The van der Waals surface area contributed by atoms with E-state index >= 15 is 0 Å². The molecule has 0 atom stereocenters. The largest absolute Gasteiger partial charge is 0.424 e. The molecule has 0 unspecified atom stereocenters. The van der Waals surface area contributed by atoms with Crippen molar-refractivity contribution in [2.24, 2.45) is 4.99 Å². The Morgan fingerprint density at radius 3 is 2.33 bits per heavy atom. The van der Waals surface area contributed by atoms with Crippen molar-refractivity contribution >= 4 is 27.5 Å². The van der Waals surface area contributed by atoms with Crippen molar-refractivity contribution < 1.29 is 9.84 Å². The van der Waals surface area contributed by atoms with Gasteiger partial charge in [0.1, 0.15) is 11.6 Å². The monoisotopic (exact) mass is 477 g/mol. The van der Waals surface area contributed by atoms with Gasteiger partial charge in [-0.25, -0.2) is 15.0 Å². The van der Waals surface area contributed by atoms with Gasteiger partial charge < -0.3 is 20.5 Å². The van der Waals surface area contributed by atoms with Crippen LogP contribution < -0.4 is 15.4 Å². The molecule has 3 N–H and O–H groups in total. The lowest BCUT2D eigenvalue weighted by Gasteiger charge is -2.08. The number of nitrogens with zero attached hydrogens (tertiary/aromatic N) is 3. The zero-order valence-corrected chi connectivity index (χ0v) is 19.9. The Balaban J connectivity index is 0.00000198. The van der Waals surface area contributed by atoms with Crippen LogP contribution in [0.1, 0.15) is 34.6 Å². The number of hydrogen-bond donors (Lipinski definition) is 3. The van der Waals surface area contributed by atoms with Crippen molar-refractivity contribution in [3.05, 3.63) is 65.7 Å². The van der Waals surface area contributed by atoms with Crippen molar-refractivity contribution in [1.82, 2.24) is 15.3 Å². The highest BCUT2D eigenvalue weighted by Gasteiger charge is 2.01. The maximum atomic E-state index is 8.79. The molecule has 30 heavy (non-hydrogen) atoms. The molecule has 0 aliphatic rings. The second-order valence-corrected chi connectivity index (χ2v) is 5.96. The SMILES string of the molecule is C=C(NCCO)/C(Br)=C\N=C(C)Nc1ccc(Oc2ncccn2)cc1.CC.CC. The first-order chi connectivity index (χ1) is 14.6. The molecule has 0 spiro atoms. The summed E-state index contributed by atoms with van der Waals surface area (Å²) in [5.74, 6) is 1.35. The summed E-state index contributed by atoms with van der Waals surface area (Å²) < 4.78 is 6.25. The quantitative estimate of drug-likeness (QED) is 0.264. The van der Waals surface area contributed by atoms with Crippen LogP contribution in [0.5, 0.6) is 11.8 Å². The van der Waals surface area contributed by atoms with E-state index in [2.05, 4.69) is 48.1 Å². The Labute approximate surface area is 188 Å². The van der Waals surface area contributed by atoms with Crippen LogP contribution in [0.25, 0.3) is 0 Å². The predicted octanol–water partition coefficient (Wildman–Crippen LogP) is 5.48. The Bertz CT molecular complexity index is 778. The summed E-state index contributed by atoms with van der Waals surface area (Å²) in [5, 5.41) is 14.9. The molecular weight excluding hydrogens is 446 g/mol. The zero-order chi connectivity index (χ0) is 22.8. The number of nitrogens with one attached hydrogen (secondary N) is 2. The molecular formula is C22H32BrN5O2. The maximum absolute atomic E-state index is 8.79. The van der Waals surface area contributed by atoms with E-state index in [1.807, 2.05) is 58.9 Å². The van der Waals surface area contributed by atoms with Crippen LogP contribution in [0.15, 0.2) is 70.7 Å². The lowest BCUT2D eigenvalue weighted by Crippen LogP contribution is -2.16. The smallest absolute Gasteiger partial charge is 0.321 e. The van der Waals surface area contributed by atoms with Gasteiger partial charge in [0.25, 0.3) is 0 Å². The number of ether oxygens (including phenoxy) is 1. The van der Waals surface area contributed by atoms with Crippen molar-refractivity contribution in [2.45, 2.75) is 34.6 Å². The minimum atomic E-state index is 0.0409. The standard InChI is InChI=1S/C18H20BrN5O2.2C2H6/c1-13(20-10-11-25)17(19)12-23-14(2)24-15-4-6-16(7-5-15)26-18-21-8-3-9-22-18;2*1-2/h3-9,12,20,25H,1,10-11H2,2H3,(H,23,24);2*1-2H3/b17-12+;;. The third kappa shape index (κ3) is 11.3. The number of aliphatic imine (C=N–C) groups is 1. The summed E-state index contributed by atoms with van der Waals surface area (Å²) in [6.45, 7) is 14.2. The second kappa shape index (κ2) is 17.2. The number of allylic oxidation sites excluding steroid dienone is 1. The molecule has 0 radical (unpaired) electrons. The first-order valence-corrected chi connectivity index (χ1v) is 10.6. The van der Waals surface area contributed by atoms with E-state index < -0.39 is 0 Å². The average molecular weight is 478 g/mol. The first-order valence-electron chi connectivity index (χ1n) is 9.84. The molecule has 2 aromatic rings. The Morgan fingerprint density at radius 2 is 1.77 bits per heavy atom. The van der Waals surface area contributed by atoms with Crippen molar-refractivity contribution in [1.29, 1.82) is 0 Å². The summed E-state index contributed by atoms with van der Waals surface area (Å²) in [4.78, 5) is 12.3. The fourth-order valence-corrected chi connectivity index (χ4v) is 2.06. The van der Waals surface area contributed by atoms with Gasteiger partial charge in [-0.15, -0.1) is 0 Å². The van der Waals surface area contributed by atoms with Gasteiger partial charge in [-0.1, -0.05) is 34.3 Å². The number of hydrogen-bond acceptors (Lipinski definition) is 6. The minimum Gasteiger partial charge on any atom is -0.424 e. The molecule has 1 heterocycles. The van der Waals surface area contributed by atoms with Gasteiger partial charge in [0.15, 0.2) is 0 Å². The second-order valence-electron chi connectivity index (χ2n) is 5.10. The number of aliphatic hydroxyl groups excluding tert-OH is 1. The van der Waals surface area contributed by atoms with E-state index in [0.717, 1.165) is 5.69 Å². The molecule has 1 aromatic carbocycles. The van der Waals surface area contributed by atoms with Crippen LogP contribution >= 0.6 is 15.9 Å². The summed E-state index contributed by atoms with van der Waals surface area (Å²) >= 11 is 3.38. The van der Waals surface area contributed by atoms with Crippen molar-refractivity contribution in [3.8, 4) is 11.8 Å². The Kier molecular flexibility index (Phi) is 15.6. The molecule has 8 heteroatoms. The highest BCUT2D eigenvalue weighted by molar-refractivity contribution is 9.12. The van der Waals surface area contributed by atoms with Gasteiger partial charge in [-0.05, 0) is 53.2 Å². The molecule has 0 bridgehead atoms. The third-order valence-corrected chi connectivity index (χ3v) is 3.72. The van der Waals surface area contributed by atoms with E-state index in [0.29, 0.717) is 34.3 Å². The number of rotatable bonds is 8. The van der Waals surface area contributed by atoms with E-state index in [4.69, 9.17) is 9.84 Å². The lowest BCUT2D eigenvalue weighted by molar-refractivity contribution is 0.297. The van der Waals surface area contributed by atoms with Gasteiger partial charge in [0.2, 0.25) is 0 Å². The maximum Gasteiger partial charge on any atom is 0.321 e. The van der Waals surface area contributed by atoms with Crippen LogP contribution in [-0.2, 0) is 0 Å². The van der Waals surface area contributed by atoms with Crippen LogP contribution in [0.4, 0.5) is 5.69 Å². The van der Waals surface area contributed by atoms with Crippen molar-refractivity contribution in [3.63, 3.8) is 0 Å². The van der Waals surface area contributed by atoms with E-state index in [1.165, 1.54) is 0 Å². The van der Waals surface area contributed by atoms with Gasteiger partial charge >= 0.3 is 6.01 Å². The normalized spacial score (nSPS) is 10.6. The lowest BCUT2D eigenvalue weighted by atomic mass is 10.3. The molecule has 7 nitrogen and oxygen atoms in total. The van der Waals surface area contributed by atoms with Crippen LogP contribution in [0.3, 0.4) is 0 Å². The van der Waals surface area contributed by atoms with Gasteiger partial charge in [0.05, 0.1) is 11.1 Å². The van der Waals surface area contributed by atoms with E-state index in [-0.39, 0.29) is 6.61 Å². The highest BCUT2D eigenvalue weighted by atomic mass is 79.9. The summed E-state index contributed by atoms with van der Waals surface area (Å²) in [6, 6.07) is 9.41. The van der Waals surface area contributed by atoms with Crippen LogP contribution in [-0.4, -0.2) is 34.1 Å². The molecule has 0 aliphatic carbocycles. The average Bonchev–Trinajstić information content (AvgIpc) is 2.80. The summed E-state index contributed by atoms with van der Waals surface area (Å²) in [6.07, 6.45) is 4.88. The number of benzene rings is 1. The zero-order valence-electron chi connectivity index (χ0n) is 18.3. The highest BCUT2D eigenvalue weighted by Crippen LogP contribution is 2.20.